The number of alkyl halides is 3. The fraction of sp³-hybridized carbons (Fsp3) is 0.556. The number of aryl methyl sites for hydroxylation is 2. The number of hydrogen-bond acceptors (Lipinski definition) is 3. The molecule has 0 aliphatic carbocycles. The standard InChI is InChI=1S/C9H11F3N2O2/c1-6-5-7(9(10,11)12)13-14(6)4-3-8(15)16-2/h5H,3-4H2,1-2H3. The zero-order valence-electron chi connectivity index (χ0n) is 8.84. The van der Waals surface area contributed by atoms with Crippen molar-refractivity contribution in [2.24, 2.45) is 0 Å². The lowest BCUT2D eigenvalue weighted by Gasteiger charge is -2.03. The monoisotopic (exact) mass is 236 g/mol. The van der Waals surface area contributed by atoms with Gasteiger partial charge in [0.05, 0.1) is 20.1 Å². The van der Waals surface area contributed by atoms with E-state index in [9.17, 15) is 18.0 Å². The minimum absolute atomic E-state index is 0.00365. The molecule has 0 radical (unpaired) electrons. The van der Waals surface area contributed by atoms with Crippen molar-refractivity contribution < 1.29 is 22.7 Å². The minimum Gasteiger partial charge on any atom is -0.469 e. The smallest absolute Gasteiger partial charge is 0.435 e. The molecule has 16 heavy (non-hydrogen) atoms. The molecule has 0 saturated heterocycles. The Labute approximate surface area is 90.0 Å². The van der Waals surface area contributed by atoms with E-state index in [1.165, 1.54) is 14.0 Å². The van der Waals surface area contributed by atoms with Gasteiger partial charge in [0.25, 0.3) is 0 Å². The predicted molar refractivity (Wildman–Crippen MR) is 48.6 cm³/mol. The van der Waals surface area contributed by atoms with Crippen molar-refractivity contribution in [3.63, 3.8) is 0 Å². The van der Waals surface area contributed by atoms with Gasteiger partial charge in [-0.1, -0.05) is 0 Å². The Kier molecular flexibility index (Phi) is 3.56. The van der Waals surface area contributed by atoms with Gasteiger partial charge in [0.15, 0.2) is 5.69 Å². The number of halogens is 3. The Morgan fingerprint density at radius 2 is 2.19 bits per heavy atom. The maximum atomic E-state index is 12.3. The van der Waals surface area contributed by atoms with Crippen molar-refractivity contribution in [1.29, 1.82) is 0 Å². The number of rotatable bonds is 3. The molecule has 1 heterocycles. The molecule has 7 heteroatoms. The summed E-state index contributed by atoms with van der Waals surface area (Å²) in [5.74, 6) is -0.483. The molecule has 1 aromatic heterocycles. The Bertz CT molecular complexity index is 385. The molecule has 0 bridgehead atoms. The summed E-state index contributed by atoms with van der Waals surface area (Å²) in [7, 11) is 1.22. The zero-order chi connectivity index (χ0) is 12.3. The molecule has 4 nitrogen and oxygen atoms in total. The molecule has 0 aliphatic rings. The maximum Gasteiger partial charge on any atom is 0.435 e. The molecular weight excluding hydrogens is 225 g/mol. The van der Waals surface area contributed by atoms with Gasteiger partial charge in [-0.25, -0.2) is 0 Å². The Morgan fingerprint density at radius 3 is 2.62 bits per heavy atom. The van der Waals surface area contributed by atoms with Crippen LogP contribution in [0.4, 0.5) is 13.2 Å². The summed E-state index contributed by atoms with van der Waals surface area (Å²) in [6.07, 6.45) is -4.46. The number of carbonyl (C=O) groups is 1. The molecule has 90 valence electrons. The maximum absolute atomic E-state index is 12.3. The number of methoxy groups -OCH3 is 1. The molecule has 0 unspecified atom stereocenters. The number of ether oxygens (including phenoxy) is 1. The molecule has 0 spiro atoms. The van der Waals surface area contributed by atoms with E-state index in [0.29, 0.717) is 5.69 Å². The summed E-state index contributed by atoms with van der Waals surface area (Å²) >= 11 is 0. The molecule has 0 atom stereocenters. The summed E-state index contributed by atoms with van der Waals surface area (Å²) in [6.45, 7) is 1.58. The third-order valence-electron chi connectivity index (χ3n) is 2.03. The van der Waals surface area contributed by atoms with Gasteiger partial charge in [-0.2, -0.15) is 18.3 Å². The molecule has 0 N–H and O–H groups in total. The van der Waals surface area contributed by atoms with E-state index in [-0.39, 0.29) is 13.0 Å². The van der Waals surface area contributed by atoms with Crippen molar-refractivity contribution in [1.82, 2.24) is 9.78 Å². The Balaban J connectivity index is 2.75. The normalized spacial score (nSPS) is 11.6. The van der Waals surface area contributed by atoms with Crippen LogP contribution in [0.2, 0.25) is 0 Å². The van der Waals surface area contributed by atoms with Crippen LogP contribution in [0.1, 0.15) is 17.8 Å². The average molecular weight is 236 g/mol. The second-order valence-corrected chi connectivity index (χ2v) is 3.22. The Morgan fingerprint density at radius 1 is 1.56 bits per heavy atom. The van der Waals surface area contributed by atoms with Crippen LogP contribution in [-0.4, -0.2) is 22.9 Å². The van der Waals surface area contributed by atoms with E-state index in [0.717, 1.165) is 10.7 Å². The van der Waals surface area contributed by atoms with Gasteiger partial charge in [-0.15, -0.1) is 0 Å². The minimum atomic E-state index is -4.46. The number of aromatic nitrogens is 2. The lowest BCUT2D eigenvalue weighted by atomic mass is 10.3. The first-order valence-corrected chi connectivity index (χ1v) is 4.53. The largest absolute Gasteiger partial charge is 0.469 e. The second-order valence-electron chi connectivity index (χ2n) is 3.22. The number of hydrogen-bond donors (Lipinski definition) is 0. The van der Waals surface area contributed by atoms with E-state index >= 15 is 0 Å². The number of esters is 1. The molecule has 1 rings (SSSR count). The number of nitrogens with zero attached hydrogens (tertiary/aromatic N) is 2. The van der Waals surface area contributed by atoms with Crippen LogP contribution in [0, 0.1) is 6.92 Å². The highest BCUT2D eigenvalue weighted by atomic mass is 19.4. The summed E-state index contributed by atoms with van der Waals surface area (Å²) in [4.78, 5) is 10.8. The lowest BCUT2D eigenvalue weighted by Crippen LogP contribution is -2.11. The van der Waals surface area contributed by atoms with Gasteiger partial charge in [0, 0.05) is 5.69 Å². The van der Waals surface area contributed by atoms with Gasteiger partial charge in [-0.3, -0.25) is 9.48 Å². The first kappa shape index (κ1) is 12.5. The molecule has 0 aliphatic heterocycles. The third kappa shape index (κ3) is 2.98. The van der Waals surface area contributed by atoms with Crippen LogP contribution in [0.5, 0.6) is 0 Å². The molecule has 0 amide bonds. The summed E-state index contributed by atoms with van der Waals surface area (Å²) in [5, 5.41) is 3.37. The molecule has 0 aromatic carbocycles. The van der Waals surface area contributed by atoms with E-state index in [1.807, 2.05) is 0 Å². The van der Waals surface area contributed by atoms with Crippen LogP contribution in [0.3, 0.4) is 0 Å². The van der Waals surface area contributed by atoms with Crippen LogP contribution in [0.25, 0.3) is 0 Å². The average Bonchev–Trinajstić information content (AvgIpc) is 2.56. The van der Waals surface area contributed by atoms with E-state index < -0.39 is 17.8 Å². The summed E-state index contributed by atoms with van der Waals surface area (Å²) < 4.78 is 42.4. The van der Waals surface area contributed by atoms with Crippen LogP contribution in [0.15, 0.2) is 6.07 Å². The topological polar surface area (TPSA) is 44.1 Å². The summed E-state index contributed by atoms with van der Waals surface area (Å²) in [5.41, 5.74) is -0.592. The van der Waals surface area contributed by atoms with E-state index in [2.05, 4.69) is 9.84 Å². The van der Waals surface area contributed by atoms with Crippen LogP contribution >= 0.6 is 0 Å². The van der Waals surface area contributed by atoms with E-state index in [1.54, 1.807) is 0 Å². The third-order valence-corrected chi connectivity index (χ3v) is 2.03. The molecule has 0 saturated carbocycles. The van der Waals surface area contributed by atoms with Crippen LogP contribution in [-0.2, 0) is 22.3 Å². The van der Waals surface area contributed by atoms with Crippen LogP contribution < -0.4 is 0 Å². The van der Waals surface area contributed by atoms with Gasteiger partial charge in [0.1, 0.15) is 0 Å². The van der Waals surface area contributed by atoms with Gasteiger partial charge < -0.3 is 4.74 Å². The Hall–Kier alpha value is -1.53. The fourth-order valence-electron chi connectivity index (χ4n) is 1.17. The molecule has 0 fully saturated rings. The molecular formula is C9H11F3N2O2. The molecule has 1 aromatic rings. The quantitative estimate of drug-likeness (QED) is 0.751. The van der Waals surface area contributed by atoms with Crippen molar-refractivity contribution in [3.8, 4) is 0 Å². The number of carbonyl (C=O) groups excluding carboxylic acids is 1. The predicted octanol–water partition coefficient (Wildman–Crippen LogP) is 1.77. The first-order chi connectivity index (χ1) is 7.34. The SMILES string of the molecule is COC(=O)CCn1nc(C(F)(F)F)cc1C. The highest BCUT2D eigenvalue weighted by Crippen LogP contribution is 2.28. The van der Waals surface area contributed by atoms with Gasteiger partial charge in [-0.05, 0) is 13.0 Å². The lowest BCUT2D eigenvalue weighted by molar-refractivity contribution is -0.141. The highest BCUT2D eigenvalue weighted by molar-refractivity contribution is 5.68. The second kappa shape index (κ2) is 4.54. The van der Waals surface area contributed by atoms with Crippen molar-refractivity contribution in [2.45, 2.75) is 26.1 Å². The first-order valence-electron chi connectivity index (χ1n) is 4.53. The highest BCUT2D eigenvalue weighted by Gasteiger charge is 2.34. The van der Waals surface area contributed by atoms with E-state index in [4.69, 9.17) is 0 Å². The zero-order valence-corrected chi connectivity index (χ0v) is 8.84. The van der Waals surface area contributed by atoms with Crippen molar-refractivity contribution in [2.75, 3.05) is 7.11 Å². The summed E-state index contributed by atoms with van der Waals surface area (Å²) in [6, 6.07) is 0.942. The van der Waals surface area contributed by atoms with Gasteiger partial charge >= 0.3 is 12.1 Å². The fourth-order valence-corrected chi connectivity index (χ4v) is 1.17. The van der Waals surface area contributed by atoms with Crippen molar-refractivity contribution in [3.05, 3.63) is 17.5 Å². The van der Waals surface area contributed by atoms with Gasteiger partial charge in [0.2, 0.25) is 0 Å². The van der Waals surface area contributed by atoms with Crippen molar-refractivity contribution >= 4 is 5.97 Å².